The number of piperazine rings is 1. The lowest BCUT2D eigenvalue weighted by atomic mass is 10.0. The van der Waals surface area contributed by atoms with E-state index in [1.807, 2.05) is 0 Å². The first kappa shape index (κ1) is 16.8. The van der Waals surface area contributed by atoms with E-state index in [0.717, 1.165) is 0 Å². The van der Waals surface area contributed by atoms with Crippen LogP contribution in [0.2, 0.25) is 0 Å². The topological polar surface area (TPSA) is 6.48 Å². The van der Waals surface area contributed by atoms with E-state index in [2.05, 4.69) is 70.5 Å². The molecule has 0 aromatic heterocycles. The van der Waals surface area contributed by atoms with Crippen LogP contribution >= 0.6 is 0 Å². The minimum Gasteiger partial charge on any atom is -0.300 e. The zero-order chi connectivity index (χ0) is 17.0. The average Bonchev–Trinajstić information content (AvgIpc) is 3.48. The third kappa shape index (κ3) is 4.31. The summed E-state index contributed by atoms with van der Waals surface area (Å²) in [4.78, 5) is 5.45. The van der Waals surface area contributed by atoms with Gasteiger partial charge in [-0.25, -0.2) is 0 Å². The summed E-state index contributed by atoms with van der Waals surface area (Å²) in [6.45, 7) is 6.18. The van der Waals surface area contributed by atoms with Crippen LogP contribution in [0.3, 0.4) is 0 Å². The van der Waals surface area contributed by atoms with Crippen molar-refractivity contribution in [3.8, 4) is 0 Å². The van der Waals surface area contributed by atoms with Gasteiger partial charge in [-0.2, -0.15) is 0 Å². The van der Waals surface area contributed by atoms with Crippen molar-refractivity contribution >= 4 is 0 Å². The van der Waals surface area contributed by atoms with Gasteiger partial charge in [0.25, 0.3) is 0 Å². The summed E-state index contributed by atoms with van der Waals surface area (Å²) in [5.41, 5.74) is 3.49. The van der Waals surface area contributed by atoms with Gasteiger partial charge in [0.2, 0.25) is 0 Å². The fraction of sp³-hybridized carbons (Fsp3) is 0.478. The molecular weight excluding hydrogens is 304 g/mol. The predicted octanol–water partition coefficient (Wildman–Crippen LogP) is 4.01. The number of nitrogens with zero attached hydrogens (tertiary/aromatic N) is 2. The van der Waals surface area contributed by atoms with E-state index in [9.17, 15) is 0 Å². The Bertz CT molecular complexity index is 640. The van der Waals surface area contributed by atoms with E-state index in [-0.39, 0.29) is 0 Å². The maximum absolute atomic E-state index is 2.80. The Morgan fingerprint density at radius 1 is 0.680 bits per heavy atom. The van der Waals surface area contributed by atoms with Crippen molar-refractivity contribution in [2.75, 3.05) is 32.7 Å². The van der Waals surface area contributed by atoms with Crippen molar-refractivity contribution in [3.63, 3.8) is 0 Å². The number of hydrogen-bond acceptors (Lipinski definition) is 2. The highest BCUT2D eigenvalue weighted by Crippen LogP contribution is 2.45. The molecule has 2 fully saturated rings. The highest BCUT2D eigenvalue weighted by atomic mass is 15.3. The molecule has 2 aliphatic rings. The summed E-state index contributed by atoms with van der Waals surface area (Å²) >= 11 is 0. The van der Waals surface area contributed by atoms with Crippen LogP contribution in [-0.2, 0) is 12.8 Å². The molecule has 0 spiro atoms. The van der Waals surface area contributed by atoms with Crippen molar-refractivity contribution in [1.82, 2.24) is 9.80 Å². The molecule has 4 rings (SSSR count). The van der Waals surface area contributed by atoms with Crippen molar-refractivity contribution < 1.29 is 0 Å². The van der Waals surface area contributed by atoms with Crippen molar-refractivity contribution in [1.29, 1.82) is 0 Å². The second-order valence-corrected chi connectivity index (χ2v) is 7.77. The quantitative estimate of drug-likeness (QED) is 0.755. The number of aryl methyl sites for hydroxylation is 1. The summed E-state index contributed by atoms with van der Waals surface area (Å²) in [6.07, 6.45) is 6.56. The van der Waals surface area contributed by atoms with Crippen LogP contribution in [0, 0.1) is 0 Å². The van der Waals surface area contributed by atoms with E-state index in [4.69, 9.17) is 0 Å². The van der Waals surface area contributed by atoms with Crippen LogP contribution in [0.15, 0.2) is 60.7 Å². The summed E-state index contributed by atoms with van der Waals surface area (Å²) in [6, 6.07) is 21.9. The molecule has 0 unspecified atom stereocenters. The smallest absolute Gasteiger partial charge is 0.0215 e. The van der Waals surface area contributed by atoms with Crippen LogP contribution in [-0.4, -0.2) is 48.1 Å². The van der Waals surface area contributed by atoms with Crippen LogP contribution < -0.4 is 0 Å². The second kappa shape index (κ2) is 7.72. The van der Waals surface area contributed by atoms with Gasteiger partial charge in [0, 0.05) is 38.3 Å². The first-order valence-electron chi connectivity index (χ1n) is 9.89. The van der Waals surface area contributed by atoms with Gasteiger partial charge in [0.1, 0.15) is 0 Å². The van der Waals surface area contributed by atoms with Gasteiger partial charge in [0.05, 0.1) is 0 Å². The van der Waals surface area contributed by atoms with Crippen molar-refractivity contribution in [2.45, 2.75) is 37.6 Å². The molecule has 1 saturated heterocycles. The summed E-state index contributed by atoms with van der Waals surface area (Å²) in [5.74, 6) is 0. The van der Waals surface area contributed by atoms with Crippen LogP contribution in [0.25, 0.3) is 0 Å². The zero-order valence-corrected chi connectivity index (χ0v) is 15.2. The molecule has 1 saturated carbocycles. The molecule has 1 heterocycles. The minimum atomic E-state index is 0.529. The third-order valence-electron chi connectivity index (χ3n) is 6.15. The lowest BCUT2D eigenvalue weighted by molar-refractivity contribution is 0.0811. The zero-order valence-electron chi connectivity index (χ0n) is 15.2. The van der Waals surface area contributed by atoms with Crippen molar-refractivity contribution in [2.24, 2.45) is 0 Å². The molecule has 2 aromatic carbocycles. The van der Waals surface area contributed by atoms with Gasteiger partial charge in [-0.3, -0.25) is 4.90 Å². The molecule has 0 radical (unpaired) electrons. The SMILES string of the molecule is c1ccc(CCN2CCN(C3(CCc4ccccc4)CC3)CC2)cc1. The minimum absolute atomic E-state index is 0.529. The highest BCUT2D eigenvalue weighted by molar-refractivity contribution is 5.17. The molecule has 2 aromatic rings. The molecule has 2 nitrogen and oxygen atoms in total. The van der Waals surface area contributed by atoms with Gasteiger partial charge in [-0.15, -0.1) is 0 Å². The number of benzene rings is 2. The van der Waals surface area contributed by atoms with Crippen LogP contribution in [0.5, 0.6) is 0 Å². The largest absolute Gasteiger partial charge is 0.300 e. The Morgan fingerprint density at radius 3 is 1.80 bits per heavy atom. The number of rotatable bonds is 7. The highest BCUT2D eigenvalue weighted by Gasteiger charge is 2.47. The summed E-state index contributed by atoms with van der Waals surface area (Å²) < 4.78 is 0. The molecule has 132 valence electrons. The predicted molar refractivity (Wildman–Crippen MR) is 105 cm³/mol. The van der Waals surface area contributed by atoms with E-state index in [0.29, 0.717) is 5.54 Å². The molecule has 25 heavy (non-hydrogen) atoms. The standard InChI is InChI=1S/C23H30N2/c1-3-7-21(8-4-1)11-13-23(14-15-23)25-19-17-24(18-20-25)16-12-22-9-5-2-6-10-22/h1-10H,11-20H2. The summed E-state index contributed by atoms with van der Waals surface area (Å²) in [5, 5.41) is 0. The summed E-state index contributed by atoms with van der Waals surface area (Å²) in [7, 11) is 0. The molecule has 0 atom stereocenters. The first-order valence-corrected chi connectivity index (χ1v) is 9.89. The second-order valence-electron chi connectivity index (χ2n) is 7.77. The Balaban J connectivity index is 1.23. The van der Waals surface area contributed by atoms with E-state index >= 15 is 0 Å². The van der Waals surface area contributed by atoms with Crippen molar-refractivity contribution in [3.05, 3.63) is 71.8 Å². The molecule has 0 N–H and O–H groups in total. The van der Waals surface area contributed by atoms with E-state index < -0.39 is 0 Å². The molecule has 1 aliphatic carbocycles. The van der Waals surface area contributed by atoms with E-state index in [1.54, 1.807) is 0 Å². The normalized spacial score (nSPS) is 20.5. The molecule has 1 aliphatic heterocycles. The van der Waals surface area contributed by atoms with Gasteiger partial charge < -0.3 is 4.90 Å². The molecular formula is C23H30N2. The third-order valence-corrected chi connectivity index (χ3v) is 6.15. The molecule has 0 amide bonds. The Labute approximate surface area is 152 Å². The Kier molecular flexibility index (Phi) is 5.19. The fourth-order valence-electron chi connectivity index (χ4n) is 4.27. The Hall–Kier alpha value is -1.64. The lowest BCUT2D eigenvalue weighted by Gasteiger charge is -2.40. The van der Waals surface area contributed by atoms with E-state index in [1.165, 1.54) is 76.0 Å². The van der Waals surface area contributed by atoms with Crippen LogP contribution in [0.1, 0.15) is 30.4 Å². The maximum atomic E-state index is 2.80. The van der Waals surface area contributed by atoms with Crippen LogP contribution in [0.4, 0.5) is 0 Å². The maximum Gasteiger partial charge on any atom is 0.0215 e. The van der Waals surface area contributed by atoms with Gasteiger partial charge >= 0.3 is 0 Å². The first-order chi connectivity index (χ1) is 12.3. The molecule has 0 bridgehead atoms. The lowest BCUT2D eigenvalue weighted by Crippen LogP contribution is -2.51. The molecule has 2 heteroatoms. The fourth-order valence-corrected chi connectivity index (χ4v) is 4.27. The number of hydrogen-bond donors (Lipinski definition) is 0. The van der Waals surface area contributed by atoms with Gasteiger partial charge in [-0.1, -0.05) is 60.7 Å². The average molecular weight is 335 g/mol. The monoisotopic (exact) mass is 334 g/mol. The van der Waals surface area contributed by atoms with Gasteiger partial charge in [0.15, 0.2) is 0 Å². The Morgan fingerprint density at radius 2 is 1.24 bits per heavy atom. The van der Waals surface area contributed by atoms with Gasteiger partial charge in [-0.05, 0) is 43.2 Å².